The Hall–Kier alpha value is -3.33. The number of anilines is 1. The second-order valence-electron chi connectivity index (χ2n) is 5.04. The highest BCUT2D eigenvalue weighted by Crippen LogP contribution is 2.24. The highest BCUT2D eigenvalue weighted by molar-refractivity contribution is 7.14. The number of fused-ring (bicyclic) bond motifs is 1. The highest BCUT2D eigenvalue weighted by atomic mass is 32.1. The zero-order chi connectivity index (χ0) is 18.5. The van der Waals surface area contributed by atoms with Crippen molar-refractivity contribution in [3.8, 4) is 0 Å². The van der Waals surface area contributed by atoms with Gasteiger partial charge in [0.1, 0.15) is 10.7 Å². The van der Waals surface area contributed by atoms with Crippen LogP contribution < -0.4 is 10.6 Å². The van der Waals surface area contributed by atoms with E-state index < -0.39 is 17.9 Å². The number of hydrogen-bond acceptors (Lipinski definition) is 7. The smallest absolute Gasteiger partial charge is 0.414 e. The lowest BCUT2D eigenvalue weighted by Crippen LogP contribution is -2.31. The van der Waals surface area contributed by atoms with Gasteiger partial charge in [0.2, 0.25) is 0 Å². The van der Waals surface area contributed by atoms with Gasteiger partial charge in [0.05, 0.1) is 29.4 Å². The molecule has 2 aromatic heterocycles. The Bertz CT molecular complexity index is 986. The van der Waals surface area contributed by atoms with E-state index in [9.17, 15) is 14.4 Å². The van der Waals surface area contributed by atoms with E-state index in [2.05, 4.69) is 25.3 Å². The summed E-state index contributed by atoms with van der Waals surface area (Å²) in [4.78, 5) is 44.4. The van der Waals surface area contributed by atoms with Crippen LogP contribution in [0.1, 0.15) is 27.8 Å². The molecule has 0 spiro atoms. The molecule has 0 bridgehead atoms. The predicted molar refractivity (Wildman–Crippen MR) is 96.3 cm³/mol. The second kappa shape index (κ2) is 7.70. The quantitative estimate of drug-likeness (QED) is 0.731. The number of aromatic nitrogens is 2. The monoisotopic (exact) mass is 370 g/mol. The number of amides is 3. The highest BCUT2D eigenvalue weighted by Gasteiger charge is 2.19. The van der Waals surface area contributed by atoms with Gasteiger partial charge in [-0.2, -0.15) is 0 Å². The number of carbonyl (C=O) groups excluding carboxylic acids is 3. The topological polar surface area (TPSA) is 110 Å². The van der Waals surface area contributed by atoms with Crippen molar-refractivity contribution in [2.45, 2.75) is 6.92 Å². The average molecular weight is 370 g/mol. The fourth-order valence-electron chi connectivity index (χ4n) is 2.15. The third kappa shape index (κ3) is 3.83. The van der Waals surface area contributed by atoms with Gasteiger partial charge in [-0.3, -0.25) is 19.9 Å². The summed E-state index contributed by atoms with van der Waals surface area (Å²) in [5, 5.41) is 6.63. The number of benzene rings is 1. The van der Waals surface area contributed by atoms with Gasteiger partial charge in [-0.25, -0.2) is 9.78 Å². The lowest BCUT2D eigenvalue weighted by Gasteiger charge is -2.07. The molecule has 8 nitrogen and oxygen atoms in total. The van der Waals surface area contributed by atoms with Gasteiger partial charge in [-0.05, 0) is 30.5 Å². The van der Waals surface area contributed by atoms with E-state index >= 15 is 0 Å². The zero-order valence-corrected chi connectivity index (χ0v) is 14.5. The van der Waals surface area contributed by atoms with Gasteiger partial charge in [0.15, 0.2) is 0 Å². The molecule has 0 unspecified atom stereocenters. The molecule has 0 radical (unpaired) electrons. The van der Waals surface area contributed by atoms with Crippen molar-refractivity contribution in [2.75, 3.05) is 11.9 Å². The standard InChI is InChI=1S/C17H14N4O4S/c1-2-25-17(24)21-14(22)10-7-8-26-16(10)20-15(23)13-9-18-11-5-3-4-6-12(11)19-13/h3-9H,2H2,1H3,(H,20,23)(H,21,22,24). The minimum absolute atomic E-state index is 0.119. The first-order chi connectivity index (χ1) is 12.6. The van der Waals surface area contributed by atoms with Gasteiger partial charge in [0, 0.05) is 0 Å². The van der Waals surface area contributed by atoms with Crippen LogP contribution in [0.5, 0.6) is 0 Å². The van der Waals surface area contributed by atoms with Crippen LogP contribution in [0.4, 0.5) is 9.80 Å². The van der Waals surface area contributed by atoms with Crippen LogP contribution in [-0.4, -0.2) is 34.5 Å². The van der Waals surface area contributed by atoms with Crippen LogP contribution in [0.25, 0.3) is 11.0 Å². The summed E-state index contributed by atoms with van der Waals surface area (Å²) in [5.74, 6) is -1.17. The maximum Gasteiger partial charge on any atom is 0.414 e. The van der Waals surface area contributed by atoms with Gasteiger partial charge >= 0.3 is 6.09 Å². The Morgan fingerprint density at radius 1 is 1.12 bits per heavy atom. The van der Waals surface area contributed by atoms with Crippen molar-refractivity contribution < 1.29 is 19.1 Å². The zero-order valence-electron chi connectivity index (χ0n) is 13.7. The number of ether oxygens (including phenoxy) is 1. The summed E-state index contributed by atoms with van der Waals surface area (Å²) in [5.41, 5.74) is 1.54. The number of nitrogens with one attached hydrogen (secondary N) is 2. The van der Waals surface area contributed by atoms with Crippen molar-refractivity contribution in [3.63, 3.8) is 0 Å². The maximum atomic E-state index is 12.4. The number of alkyl carbamates (subject to hydrolysis) is 1. The van der Waals surface area contributed by atoms with Gasteiger partial charge < -0.3 is 10.1 Å². The van der Waals surface area contributed by atoms with Crippen molar-refractivity contribution in [3.05, 3.63) is 53.2 Å². The normalized spacial score (nSPS) is 10.3. The Kier molecular flexibility index (Phi) is 5.18. The van der Waals surface area contributed by atoms with E-state index in [4.69, 9.17) is 0 Å². The second-order valence-corrected chi connectivity index (χ2v) is 5.95. The van der Waals surface area contributed by atoms with Gasteiger partial charge in [-0.1, -0.05) is 12.1 Å². The third-order valence-corrected chi connectivity index (χ3v) is 4.14. The number of nitrogens with zero attached hydrogens (tertiary/aromatic N) is 2. The first-order valence-electron chi connectivity index (χ1n) is 7.67. The number of thiophene rings is 1. The molecule has 1 aromatic carbocycles. The third-order valence-electron chi connectivity index (χ3n) is 3.31. The Morgan fingerprint density at radius 3 is 2.65 bits per heavy atom. The van der Waals surface area contributed by atoms with E-state index in [0.29, 0.717) is 16.0 Å². The predicted octanol–water partition coefficient (Wildman–Crippen LogP) is 2.83. The van der Waals surface area contributed by atoms with Crippen molar-refractivity contribution in [1.82, 2.24) is 15.3 Å². The van der Waals surface area contributed by atoms with Gasteiger partial charge in [0.25, 0.3) is 11.8 Å². The molecule has 0 saturated carbocycles. The fourth-order valence-corrected chi connectivity index (χ4v) is 2.93. The van der Waals surface area contributed by atoms with E-state index in [-0.39, 0.29) is 17.9 Å². The van der Waals surface area contributed by atoms with Gasteiger partial charge in [-0.15, -0.1) is 11.3 Å². The van der Waals surface area contributed by atoms with E-state index in [0.717, 1.165) is 11.3 Å². The van der Waals surface area contributed by atoms with Crippen molar-refractivity contribution in [2.24, 2.45) is 0 Å². The first kappa shape index (κ1) is 17.5. The summed E-state index contributed by atoms with van der Waals surface area (Å²) in [6, 6.07) is 8.68. The fraction of sp³-hybridized carbons (Fsp3) is 0.118. The molecule has 9 heteroatoms. The van der Waals surface area contributed by atoms with Crippen LogP contribution >= 0.6 is 11.3 Å². The minimum Gasteiger partial charge on any atom is -0.450 e. The molecule has 3 aromatic rings. The number of hydrogen-bond donors (Lipinski definition) is 2. The molecule has 3 amide bonds. The number of imide groups is 1. The van der Waals surface area contributed by atoms with Crippen LogP contribution in [0, 0.1) is 0 Å². The molecular formula is C17H14N4O4S. The molecule has 0 saturated heterocycles. The molecule has 0 aliphatic carbocycles. The lowest BCUT2D eigenvalue weighted by atomic mass is 10.2. The molecule has 2 N–H and O–H groups in total. The molecule has 0 aliphatic heterocycles. The number of carbonyl (C=O) groups is 3. The minimum atomic E-state index is -0.846. The van der Waals surface area contributed by atoms with E-state index in [1.807, 2.05) is 6.07 Å². The van der Waals surface area contributed by atoms with E-state index in [1.165, 1.54) is 12.3 Å². The number of rotatable bonds is 4. The van der Waals surface area contributed by atoms with Crippen LogP contribution in [-0.2, 0) is 4.74 Å². The summed E-state index contributed by atoms with van der Waals surface area (Å²) >= 11 is 1.15. The summed E-state index contributed by atoms with van der Waals surface area (Å²) in [6.07, 6.45) is 0.519. The van der Waals surface area contributed by atoms with Crippen LogP contribution in [0.3, 0.4) is 0 Å². The Balaban J connectivity index is 1.76. The summed E-state index contributed by atoms with van der Waals surface area (Å²) in [7, 11) is 0. The van der Waals surface area contributed by atoms with Crippen molar-refractivity contribution in [1.29, 1.82) is 0 Å². The number of para-hydroxylation sites is 2. The average Bonchev–Trinajstić information content (AvgIpc) is 3.09. The Labute approximate surface area is 152 Å². The molecule has 0 fully saturated rings. The Morgan fingerprint density at radius 2 is 1.88 bits per heavy atom. The van der Waals surface area contributed by atoms with Crippen LogP contribution in [0.2, 0.25) is 0 Å². The molecule has 26 heavy (non-hydrogen) atoms. The summed E-state index contributed by atoms with van der Waals surface area (Å²) < 4.78 is 4.67. The molecule has 132 valence electrons. The molecule has 2 heterocycles. The van der Waals surface area contributed by atoms with Crippen LogP contribution in [0.15, 0.2) is 41.9 Å². The summed E-state index contributed by atoms with van der Waals surface area (Å²) in [6.45, 7) is 1.78. The first-order valence-corrected chi connectivity index (χ1v) is 8.55. The SMILES string of the molecule is CCOC(=O)NC(=O)c1ccsc1NC(=O)c1cnc2ccccc2n1. The maximum absolute atomic E-state index is 12.4. The molecule has 3 rings (SSSR count). The lowest BCUT2D eigenvalue weighted by molar-refractivity contribution is 0.0926. The molecular weight excluding hydrogens is 356 g/mol. The largest absolute Gasteiger partial charge is 0.450 e. The molecule has 0 atom stereocenters. The van der Waals surface area contributed by atoms with Crippen molar-refractivity contribution >= 4 is 45.3 Å². The molecule has 0 aliphatic rings. The van der Waals surface area contributed by atoms with E-state index in [1.54, 1.807) is 30.5 Å².